The number of nitrogens with one attached hydrogen (secondary N) is 1. The first-order valence-corrected chi connectivity index (χ1v) is 6.92. The van der Waals surface area contributed by atoms with Crippen molar-refractivity contribution in [3.8, 4) is 11.1 Å². The van der Waals surface area contributed by atoms with E-state index in [1.165, 1.54) is 10.8 Å². The van der Waals surface area contributed by atoms with Crippen LogP contribution in [0.1, 0.15) is 10.4 Å². The van der Waals surface area contributed by atoms with Crippen molar-refractivity contribution in [2.24, 2.45) is 0 Å². The number of para-hydroxylation sites is 2. The van der Waals surface area contributed by atoms with Crippen molar-refractivity contribution in [3.05, 3.63) is 72.3 Å². The number of fused-ring (bicyclic) bond motifs is 3. The highest BCUT2D eigenvalue weighted by molar-refractivity contribution is 6.11. The minimum absolute atomic E-state index is 0.697. The van der Waals surface area contributed by atoms with Gasteiger partial charge in [0, 0.05) is 27.4 Å². The van der Waals surface area contributed by atoms with Crippen LogP contribution in [0.2, 0.25) is 0 Å². The summed E-state index contributed by atoms with van der Waals surface area (Å²) in [7, 11) is 0. The Labute approximate surface area is 122 Å². The van der Waals surface area contributed by atoms with Gasteiger partial charge in [-0.3, -0.25) is 4.79 Å². The quantitative estimate of drug-likeness (QED) is 0.522. The first kappa shape index (κ1) is 11.9. The van der Waals surface area contributed by atoms with E-state index in [1.807, 2.05) is 30.3 Å². The van der Waals surface area contributed by atoms with Gasteiger partial charge in [-0.1, -0.05) is 60.7 Å². The Morgan fingerprint density at radius 1 is 0.762 bits per heavy atom. The molecule has 0 aliphatic rings. The molecule has 2 nitrogen and oxygen atoms in total. The Bertz CT molecular complexity index is 948. The van der Waals surface area contributed by atoms with Gasteiger partial charge < -0.3 is 4.98 Å². The van der Waals surface area contributed by atoms with E-state index in [-0.39, 0.29) is 0 Å². The summed E-state index contributed by atoms with van der Waals surface area (Å²) in [6.07, 6.45) is 0.868. The van der Waals surface area contributed by atoms with Crippen molar-refractivity contribution in [2.45, 2.75) is 0 Å². The van der Waals surface area contributed by atoms with Gasteiger partial charge in [-0.05, 0) is 11.6 Å². The average molecular weight is 271 g/mol. The Morgan fingerprint density at radius 3 is 2.33 bits per heavy atom. The van der Waals surface area contributed by atoms with Crippen molar-refractivity contribution in [2.75, 3.05) is 0 Å². The molecule has 0 saturated heterocycles. The number of rotatable bonds is 2. The van der Waals surface area contributed by atoms with Gasteiger partial charge in [0.05, 0.1) is 5.52 Å². The molecule has 4 aromatic rings. The van der Waals surface area contributed by atoms with Crippen LogP contribution in [-0.4, -0.2) is 11.3 Å². The van der Waals surface area contributed by atoms with Crippen LogP contribution in [0.15, 0.2) is 66.7 Å². The molecule has 0 amide bonds. The predicted molar refractivity (Wildman–Crippen MR) is 86.6 cm³/mol. The van der Waals surface area contributed by atoms with E-state index in [1.54, 1.807) is 0 Å². The maximum absolute atomic E-state index is 10.8. The van der Waals surface area contributed by atoms with E-state index >= 15 is 0 Å². The van der Waals surface area contributed by atoms with Gasteiger partial charge in [-0.25, -0.2) is 0 Å². The van der Waals surface area contributed by atoms with Crippen molar-refractivity contribution < 1.29 is 4.79 Å². The Hall–Kier alpha value is -2.87. The van der Waals surface area contributed by atoms with Gasteiger partial charge in [0.15, 0.2) is 0 Å². The Morgan fingerprint density at radius 2 is 1.52 bits per heavy atom. The highest BCUT2D eigenvalue weighted by Crippen LogP contribution is 2.32. The van der Waals surface area contributed by atoms with E-state index in [0.717, 1.165) is 28.4 Å². The predicted octanol–water partition coefficient (Wildman–Crippen LogP) is 4.80. The van der Waals surface area contributed by atoms with Crippen molar-refractivity contribution in [3.63, 3.8) is 0 Å². The van der Waals surface area contributed by atoms with E-state index in [2.05, 4.69) is 41.4 Å². The molecule has 21 heavy (non-hydrogen) atoms. The minimum Gasteiger partial charge on any atom is -0.354 e. The maximum Gasteiger partial charge on any atom is 0.150 e. The number of carbonyl (C=O) groups excluding carboxylic acids is 1. The molecule has 1 N–H and O–H groups in total. The fourth-order valence-corrected chi connectivity index (χ4v) is 2.85. The molecule has 0 atom stereocenters. The molecule has 100 valence electrons. The molecule has 0 fully saturated rings. The smallest absolute Gasteiger partial charge is 0.150 e. The highest BCUT2D eigenvalue weighted by Gasteiger charge is 2.08. The van der Waals surface area contributed by atoms with Gasteiger partial charge in [0.1, 0.15) is 6.29 Å². The van der Waals surface area contributed by atoms with Gasteiger partial charge in [-0.2, -0.15) is 0 Å². The lowest BCUT2D eigenvalue weighted by atomic mass is 10.0. The first-order valence-electron chi connectivity index (χ1n) is 6.92. The fraction of sp³-hybridized carbons (Fsp3) is 0. The average Bonchev–Trinajstić information content (AvgIpc) is 2.94. The summed E-state index contributed by atoms with van der Waals surface area (Å²) in [6.45, 7) is 0. The molecular weight excluding hydrogens is 258 g/mol. The van der Waals surface area contributed by atoms with Crippen LogP contribution in [0.3, 0.4) is 0 Å². The van der Waals surface area contributed by atoms with Gasteiger partial charge in [0.2, 0.25) is 0 Å². The van der Waals surface area contributed by atoms with Gasteiger partial charge in [0.25, 0.3) is 0 Å². The number of hydrogen-bond acceptors (Lipinski definition) is 1. The summed E-state index contributed by atoms with van der Waals surface area (Å²) in [5.74, 6) is 0. The second-order valence-electron chi connectivity index (χ2n) is 5.14. The summed E-state index contributed by atoms with van der Waals surface area (Å²) >= 11 is 0. The molecule has 0 radical (unpaired) electrons. The van der Waals surface area contributed by atoms with Crippen LogP contribution >= 0.6 is 0 Å². The molecule has 3 aromatic carbocycles. The molecular formula is C19H13NO. The molecule has 0 bridgehead atoms. The lowest BCUT2D eigenvalue weighted by Gasteiger charge is -2.04. The topological polar surface area (TPSA) is 32.9 Å². The Kier molecular flexibility index (Phi) is 2.61. The molecule has 0 unspecified atom stereocenters. The number of aldehydes is 1. The Balaban J connectivity index is 2.01. The molecule has 1 aromatic heterocycles. The third kappa shape index (κ3) is 1.84. The van der Waals surface area contributed by atoms with Crippen LogP contribution in [-0.2, 0) is 0 Å². The van der Waals surface area contributed by atoms with Gasteiger partial charge in [-0.15, -0.1) is 0 Å². The SMILES string of the molecule is O=Cc1ccc(-c2cccc3c2[nH]c2ccccc23)cc1. The number of benzene rings is 3. The molecule has 0 spiro atoms. The largest absolute Gasteiger partial charge is 0.354 e. The van der Waals surface area contributed by atoms with Crippen molar-refractivity contribution >= 4 is 28.1 Å². The van der Waals surface area contributed by atoms with Crippen LogP contribution in [0.25, 0.3) is 32.9 Å². The molecule has 2 heteroatoms. The summed E-state index contributed by atoms with van der Waals surface area (Å²) in [4.78, 5) is 14.3. The van der Waals surface area contributed by atoms with E-state index in [9.17, 15) is 4.79 Å². The zero-order valence-electron chi connectivity index (χ0n) is 11.3. The van der Waals surface area contributed by atoms with Crippen LogP contribution in [0.5, 0.6) is 0 Å². The third-order valence-corrected chi connectivity index (χ3v) is 3.90. The monoisotopic (exact) mass is 271 g/mol. The van der Waals surface area contributed by atoms with Crippen molar-refractivity contribution in [1.29, 1.82) is 0 Å². The number of aromatic amines is 1. The standard InChI is InChI=1S/C19H13NO/c21-12-13-8-10-14(11-9-13)15-5-3-6-17-16-4-1-2-7-18(16)20-19(15)17/h1-12,20H. The lowest BCUT2D eigenvalue weighted by molar-refractivity contribution is 0.112. The summed E-state index contributed by atoms with van der Waals surface area (Å²) in [5, 5.41) is 2.46. The highest BCUT2D eigenvalue weighted by atomic mass is 16.1. The first-order chi connectivity index (χ1) is 10.4. The molecule has 4 rings (SSSR count). The third-order valence-electron chi connectivity index (χ3n) is 3.90. The molecule has 0 aliphatic carbocycles. The summed E-state index contributed by atoms with van der Waals surface area (Å²) in [5.41, 5.74) is 5.24. The zero-order chi connectivity index (χ0) is 14.2. The van der Waals surface area contributed by atoms with E-state index < -0.39 is 0 Å². The van der Waals surface area contributed by atoms with E-state index in [0.29, 0.717) is 5.56 Å². The number of hydrogen-bond donors (Lipinski definition) is 1. The maximum atomic E-state index is 10.8. The van der Waals surface area contributed by atoms with Crippen LogP contribution in [0, 0.1) is 0 Å². The van der Waals surface area contributed by atoms with E-state index in [4.69, 9.17) is 0 Å². The molecule has 0 aliphatic heterocycles. The fourth-order valence-electron chi connectivity index (χ4n) is 2.85. The van der Waals surface area contributed by atoms with Crippen LogP contribution < -0.4 is 0 Å². The zero-order valence-corrected chi connectivity index (χ0v) is 11.3. The summed E-state index contributed by atoms with van der Waals surface area (Å²) in [6, 6.07) is 22.3. The minimum atomic E-state index is 0.697. The number of H-pyrrole nitrogens is 1. The second-order valence-corrected chi connectivity index (χ2v) is 5.14. The number of aromatic nitrogens is 1. The molecule has 0 saturated carbocycles. The summed E-state index contributed by atoms with van der Waals surface area (Å²) < 4.78 is 0. The lowest BCUT2D eigenvalue weighted by Crippen LogP contribution is -1.83. The number of carbonyl (C=O) groups is 1. The van der Waals surface area contributed by atoms with Crippen LogP contribution in [0.4, 0.5) is 0 Å². The second kappa shape index (κ2) is 4.60. The molecule has 1 heterocycles. The van der Waals surface area contributed by atoms with Crippen molar-refractivity contribution in [1.82, 2.24) is 4.98 Å². The van der Waals surface area contributed by atoms with Gasteiger partial charge >= 0.3 is 0 Å². The normalized spacial score (nSPS) is 11.0.